The van der Waals surface area contributed by atoms with Gasteiger partial charge in [-0.1, -0.05) is 0 Å². The molecule has 0 aliphatic heterocycles. The summed E-state index contributed by atoms with van der Waals surface area (Å²) >= 11 is 0. The first-order valence-electron chi connectivity index (χ1n) is 3.45. The Morgan fingerprint density at radius 1 is 1.73 bits per heavy atom. The van der Waals surface area contributed by atoms with Crippen molar-refractivity contribution in [3.8, 4) is 0 Å². The van der Waals surface area contributed by atoms with E-state index in [0.717, 1.165) is 11.3 Å². The largest absolute Gasteiger partial charge is 0.300 e. The molecule has 0 unspecified atom stereocenters. The Kier molecular flexibility index (Phi) is 2.36. The van der Waals surface area contributed by atoms with Gasteiger partial charge in [-0.2, -0.15) is 0 Å². The van der Waals surface area contributed by atoms with E-state index in [1.54, 1.807) is 13.1 Å². The van der Waals surface area contributed by atoms with Crippen molar-refractivity contribution >= 4 is 5.78 Å². The Hall–Kier alpha value is -1.18. The molecule has 1 aromatic heterocycles. The Morgan fingerprint density at radius 2 is 2.45 bits per heavy atom. The molecule has 0 N–H and O–H groups in total. The van der Waals surface area contributed by atoms with E-state index in [0.29, 0.717) is 6.42 Å². The van der Waals surface area contributed by atoms with Crippen LogP contribution >= 0.6 is 0 Å². The summed E-state index contributed by atoms with van der Waals surface area (Å²) in [6, 6.07) is 3.63. The Labute approximate surface area is 66.3 Å². The first kappa shape index (κ1) is 7.92. The minimum atomic E-state index is 0.128. The summed E-state index contributed by atoms with van der Waals surface area (Å²) in [5.41, 5.74) is 1.70. The summed E-state index contributed by atoms with van der Waals surface area (Å²) < 4.78 is 0. The Bertz CT molecular complexity index is 268. The maximum Gasteiger partial charge on any atom is 0.135 e. The molecule has 0 spiro atoms. The quantitative estimate of drug-likeness (QED) is 0.634. The highest BCUT2D eigenvalue weighted by Gasteiger charge is 1.97. The van der Waals surface area contributed by atoms with Crippen molar-refractivity contribution in [2.24, 2.45) is 0 Å². The van der Waals surface area contributed by atoms with Gasteiger partial charge < -0.3 is 0 Å². The lowest BCUT2D eigenvalue weighted by molar-refractivity contribution is -0.116. The van der Waals surface area contributed by atoms with Gasteiger partial charge in [0.2, 0.25) is 0 Å². The van der Waals surface area contributed by atoms with Crippen LogP contribution in [0.5, 0.6) is 0 Å². The van der Waals surface area contributed by atoms with Crippen LogP contribution in [-0.4, -0.2) is 10.8 Å². The van der Waals surface area contributed by atoms with Gasteiger partial charge in [0.05, 0.1) is 0 Å². The number of pyridine rings is 1. The Morgan fingerprint density at radius 3 is 3.00 bits per heavy atom. The van der Waals surface area contributed by atoms with E-state index in [9.17, 15) is 4.79 Å². The highest BCUT2D eigenvalue weighted by atomic mass is 16.1. The summed E-state index contributed by atoms with van der Waals surface area (Å²) in [7, 11) is 0. The fraction of sp³-hybridized carbons (Fsp3) is 0.222. The van der Waals surface area contributed by atoms with E-state index < -0.39 is 0 Å². The molecule has 1 radical (unpaired) electrons. The first-order chi connectivity index (χ1) is 5.18. The molecule has 0 aliphatic rings. The van der Waals surface area contributed by atoms with Gasteiger partial charge in [0.25, 0.3) is 0 Å². The molecule has 1 aromatic rings. The molecule has 11 heavy (non-hydrogen) atoms. The fourth-order valence-electron chi connectivity index (χ4n) is 0.880. The van der Waals surface area contributed by atoms with Gasteiger partial charge in [0.1, 0.15) is 5.78 Å². The molecule has 0 aromatic carbocycles. The maximum absolute atomic E-state index is 10.7. The van der Waals surface area contributed by atoms with Crippen molar-refractivity contribution in [2.45, 2.75) is 13.3 Å². The molecule has 0 atom stereocenters. The average Bonchev–Trinajstić information content (AvgIpc) is 1.85. The Balaban J connectivity index is 2.79. The van der Waals surface area contributed by atoms with Crippen LogP contribution in [0.25, 0.3) is 0 Å². The molecule has 1 rings (SSSR count). The number of aromatic nitrogens is 1. The molecule has 0 fully saturated rings. The van der Waals surface area contributed by atoms with E-state index in [2.05, 4.69) is 11.9 Å². The van der Waals surface area contributed by atoms with Crippen LogP contribution in [0.3, 0.4) is 0 Å². The van der Waals surface area contributed by atoms with Crippen LogP contribution in [0.1, 0.15) is 18.2 Å². The standard InChI is InChI=1S/C9H10NO/c1-7-3-4-10-9(5-7)6-8(2)11/h3-5H,1,6H2,2H3. The van der Waals surface area contributed by atoms with Gasteiger partial charge in [0, 0.05) is 18.3 Å². The van der Waals surface area contributed by atoms with E-state index in [-0.39, 0.29) is 5.78 Å². The lowest BCUT2D eigenvalue weighted by atomic mass is 10.2. The SMILES string of the molecule is [CH2]c1ccnc(CC(C)=O)c1. The predicted molar refractivity (Wildman–Crippen MR) is 43.1 cm³/mol. The lowest BCUT2D eigenvalue weighted by Gasteiger charge is -1.96. The molecule has 0 saturated carbocycles. The third-order valence-corrected chi connectivity index (χ3v) is 1.31. The second-order valence-corrected chi connectivity index (χ2v) is 2.53. The topological polar surface area (TPSA) is 30.0 Å². The fourth-order valence-corrected chi connectivity index (χ4v) is 0.880. The second kappa shape index (κ2) is 3.28. The van der Waals surface area contributed by atoms with Crippen LogP contribution in [0.15, 0.2) is 18.3 Å². The van der Waals surface area contributed by atoms with E-state index >= 15 is 0 Å². The number of ketones is 1. The summed E-state index contributed by atoms with van der Waals surface area (Å²) in [6.45, 7) is 5.29. The summed E-state index contributed by atoms with van der Waals surface area (Å²) in [4.78, 5) is 14.7. The predicted octanol–water partition coefficient (Wildman–Crippen LogP) is 1.40. The van der Waals surface area contributed by atoms with Gasteiger partial charge in [0.15, 0.2) is 0 Å². The minimum absolute atomic E-state index is 0.128. The third kappa shape index (κ3) is 2.50. The summed E-state index contributed by atoms with van der Waals surface area (Å²) in [6.07, 6.45) is 2.07. The van der Waals surface area contributed by atoms with Gasteiger partial charge in [-0.15, -0.1) is 0 Å². The number of Topliss-reactive ketones (excluding diaryl/α,β-unsaturated/α-hetero) is 1. The molecule has 2 heteroatoms. The molecular weight excluding hydrogens is 138 g/mol. The summed E-state index contributed by atoms with van der Waals surface area (Å²) in [5.74, 6) is 0.128. The lowest BCUT2D eigenvalue weighted by Crippen LogP contribution is -1.98. The van der Waals surface area contributed by atoms with Gasteiger partial charge >= 0.3 is 0 Å². The van der Waals surface area contributed by atoms with Gasteiger partial charge in [-0.25, -0.2) is 0 Å². The van der Waals surface area contributed by atoms with Crippen molar-refractivity contribution in [3.05, 3.63) is 36.5 Å². The van der Waals surface area contributed by atoms with E-state index in [1.807, 2.05) is 12.1 Å². The number of nitrogens with zero attached hydrogens (tertiary/aromatic N) is 1. The highest BCUT2D eigenvalue weighted by Crippen LogP contribution is 2.00. The first-order valence-corrected chi connectivity index (χ1v) is 3.45. The number of hydrogen-bond acceptors (Lipinski definition) is 2. The van der Waals surface area contributed by atoms with E-state index in [4.69, 9.17) is 0 Å². The van der Waals surface area contributed by atoms with Gasteiger partial charge in [-0.05, 0) is 31.5 Å². The van der Waals surface area contributed by atoms with Crippen molar-refractivity contribution < 1.29 is 4.79 Å². The van der Waals surface area contributed by atoms with Crippen molar-refractivity contribution in [1.29, 1.82) is 0 Å². The van der Waals surface area contributed by atoms with Crippen molar-refractivity contribution in [3.63, 3.8) is 0 Å². The highest BCUT2D eigenvalue weighted by molar-refractivity contribution is 5.77. The normalized spacial score (nSPS) is 9.64. The van der Waals surface area contributed by atoms with Crippen LogP contribution in [0.4, 0.5) is 0 Å². The third-order valence-electron chi connectivity index (χ3n) is 1.31. The average molecular weight is 148 g/mol. The van der Waals surface area contributed by atoms with Crippen LogP contribution in [0.2, 0.25) is 0 Å². The van der Waals surface area contributed by atoms with Crippen molar-refractivity contribution in [1.82, 2.24) is 4.98 Å². The molecule has 2 nitrogen and oxygen atoms in total. The number of rotatable bonds is 2. The van der Waals surface area contributed by atoms with Gasteiger partial charge in [-0.3, -0.25) is 9.78 Å². The molecule has 0 saturated heterocycles. The second-order valence-electron chi connectivity index (χ2n) is 2.53. The zero-order chi connectivity index (χ0) is 8.27. The minimum Gasteiger partial charge on any atom is -0.300 e. The van der Waals surface area contributed by atoms with E-state index in [1.165, 1.54) is 0 Å². The molecule has 57 valence electrons. The molecule has 0 amide bonds. The van der Waals surface area contributed by atoms with Crippen LogP contribution < -0.4 is 0 Å². The number of carbonyl (C=O) groups excluding carboxylic acids is 1. The molecular formula is C9H10NO. The molecule has 0 bridgehead atoms. The smallest absolute Gasteiger partial charge is 0.135 e. The molecule has 1 heterocycles. The number of carbonyl (C=O) groups is 1. The van der Waals surface area contributed by atoms with Crippen LogP contribution in [-0.2, 0) is 11.2 Å². The zero-order valence-corrected chi connectivity index (χ0v) is 6.50. The maximum atomic E-state index is 10.7. The van der Waals surface area contributed by atoms with Crippen molar-refractivity contribution in [2.75, 3.05) is 0 Å². The summed E-state index contributed by atoms with van der Waals surface area (Å²) in [5, 5.41) is 0. The molecule has 0 aliphatic carbocycles. The zero-order valence-electron chi connectivity index (χ0n) is 6.50. The van der Waals surface area contributed by atoms with Crippen LogP contribution in [0, 0.1) is 6.92 Å². The number of hydrogen-bond donors (Lipinski definition) is 0. The monoisotopic (exact) mass is 148 g/mol.